The van der Waals surface area contributed by atoms with Crippen molar-refractivity contribution in [2.75, 3.05) is 12.4 Å². The Bertz CT molecular complexity index is 677. The molecule has 0 amide bonds. The van der Waals surface area contributed by atoms with E-state index in [-0.39, 0.29) is 5.69 Å². The molecular formula is C14H14BrN3O3. The van der Waals surface area contributed by atoms with Gasteiger partial charge in [-0.15, -0.1) is 0 Å². The average Bonchev–Trinajstić information content (AvgIpc) is 2.48. The number of nitrogens with zero attached hydrogens (tertiary/aromatic N) is 2. The number of ether oxygens (including phenoxy) is 1. The zero-order valence-electron chi connectivity index (χ0n) is 11.6. The highest BCUT2D eigenvalue weighted by molar-refractivity contribution is 9.10. The fourth-order valence-electron chi connectivity index (χ4n) is 1.90. The molecule has 2 rings (SSSR count). The zero-order valence-corrected chi connectivity index (χ0v) is 13.2. The Kier molecular flexibility index (Phi) is 4.74. The first-order valence-electron chi connectivity index (χ1n) is 6.20. The highest BCUT2D eigenvalue weighted by Gasteiger charge is 2.17. The molecule has 0 saturated heterocycles. The third kappa shape index (κ3) is 3.30. The monoisotopic (exact) mass is 351 g/mol. The molecule has 0 aliphatic heterocycles. The van der Waals surface area contributed by atoms with Gasteiger partial charge in [0.25, 0.3) is 5.69 Å². The van der Waals surface area contributed by atoms with Crippen LogP contribution in [-0.2, 0) is 6.54 Å². The summed E-state index contributed by atoms with van der Waals surface area (Å²) in [6.07, 6.45) is 1.25. The Morgan fingerprint density at radius 3 is 2.81 bits per heavy atom. The van der Waals surface area contributed by atoms with Crippen molar-refractivity contribution in [3.8, 4) is 5.75 Å². The standard InChI is InChI=1S/C14H14BrN3O3/c1-9-11(18(19)20)8-17-14(13(9)15)16-7-10-5-3-4-6-12(10)21-2/h3-6,8H,7H2,1-2H3,(H,16,17). The van der Waals surface area contributed by atoms with Crippen molar-refractivity contribution >= 4 is 27.4 Å². The van der Waals surface area contributed by atoms with Crippen LogP contribution in [0.3, 0.4) is 0 Å². The van der Waals surface area contributed by atoms with Crippen LogP contribution >= 0.6 is 15.9 Å². The van der Waals surface area contributed by atoms with Crippen LogP contribution in [0.15, 0.2) is 34.9 Å². The second-order valence-corrected chi connectivity index (χ2v) is 5.15. The van der Waals surface area contributed by atoms with Gasteiger partial charge < -0.3 is 10.1 Å². The summed E-state index contributed by atoms with van der Waals surface area (Å²) in [4.78, 5) is 14.5. The summed E-state index contributed by atoms with van der Waals surface area (Å²) in [6.45, 7) is 2.19. The number of hydrogen-bond donors (Lipinski definition) is 1. The smallest absolute Gasteiger partial charge is 0.291 e. The second kappa shape index (κ2) is 6.53. The van der Waals surface area contributed by atoms with Gasteiger partial charge in [-0.3, -0.25) is 10.1 Å². The summed E-state index contributed by atoms with van der Waals surface area (Å²) in [5.74, 6) is 1.34. The van der Waals surface area contributed by atoms with Crippen molar-refractivity contribution in [3.05, 3.63) is 56.2 Å². The maximum atomic E-state index is 10.9. The molecule has 1 aromatic heterocycles. The number of nitro groups is 1. The molecule has 0 saturated carbocycles. The molecule has 0 fully saturated rings. The number of halogens is 1. The predicted octanol–water partition coefficient (Wildman–Crippen LogP) is 3.68. The number of hydrogen-bond acceptors (Lipinski definition) is 5. The normalized spacial score (nSPS) is 10.2. The number of aromatic nitrogens is 1. The predicted molar refractivity (Wildman–Crippen MR) is 83.6 cm³/mol. The van der Waals surface area contributed by atoms with E-state index in [9.17, 15) is 10.1 Å². The summed E-state index contributed by atoms with van der Waals surface area (Å²) in [6, 6.07) is 7.63. The number of benzene rings is 1. The number of nitrogens with one attached hydrogen (secondary N) is 1. The second-order valence-electron chi connectivity index (χ2n) is 4.35. The summed E-state index contributed by atoms with van der Waals surface area (Å²) in [5.41, 5.74) is 1.51. The summed E-state index contributed by atoms with van der Waals surface area (Å²) >= 11 is 3.35. The summed E-state index contributed by atoms with van der Waals surface area (Å²) in [5, 5.41) is 14.0. The Morgan fingerprint density at radius 1 is 1.43 bits per heavy atom. The van der Waals surface area contributed by atoms with Gasteiger partial charge in [-0.1, -0.05) is 18.2 Å². The van der Waals surface area contributed by atoms with Crippen molar-refractivity contribution < 1.29 is 9.66 Å². The van der Waals surface area contributed by atoms with Crippen LogP contribution in [0.1, 0.15) is 11.1 Å². The van der Waals surface area contributed by atoms with Gasteiger partial charge >= 0.3 is 0 Å². The molecule has 21 heavy (non-hydrogen) atoms. The van der Waals surface area contributed by atoms with Crippen LogP contribution in [0, 0.1) is 17.0 Å². The first-order chi connectivity index (χ1) is 10.0. The molecule has 0 aliphatic rings. The molecule has 0 radical (unpaired) electrons. The van der Waals surface area contributed by atoms with Crippen molar-refractivity contribution in [3.63, 3.8) is 0 Å². The van der Waals surface area contributed by atoms with Gasteiger partial charge in [0.05, 0.1) is 16.5 Å². The Labute approximate surface area is 130 Å². The highest BCUT2D eigenvalue weighted by Crippen LogP contribution is 2.31. The van der Waals surface area contributed by atoms with Crippen molar-refractivity contribution in [1.29, 1.82) is 0 Å². The van der Waals surface area contributed by atoms with E-state index < -0.39 is 4.92 Å². The Morgan fingerprint density at radius 2 is 2.14 bits per heavy atom. The molecule has 0 unspecified atom stereocenters. The lowest BCUT2D eigenvalue weighted by atomic mass is 10.2. The van der Waals surface area contributed by atoms with E-state index in [1.54, 1.807) is 14.0 Å². The maximum absolute atomic E-state index is 10.9. The van der Waals surface area contributed by atoms with Gasteiger partial charge in [-0.05, 0) is 28.9 Å². The minimum Gasteiger partial charge on any atom is -0.496 e. The van der Waals surface area contributed by atoms with E-state index in [2.05, 4.69) is 26.2 Å². The van der Waals surface area contributed by atoms with Gasteiger partial charge in [-0.25, -0.2) is 4.98 Å². The lowest BCUT2D eigenvalue weighted by molar-refractivity contribution is -0.385. The average molecular weight is 352 g/mol. The molecule has 1 N–H and O–H groups in total. The van der Waals surface area contributed by atoms with Crippen LogP contribution in [0.25, 0.3) is 0 Å². The molecule has 1 aromatic carbocycles. The molecule has 0 bridgehead atoms. The number of methoxy groups -OCH3 is 1. The lowest BCUT2D eigenvalue weighted by Gasteiger charge is -2.12. The molecule has 7 heteroatoms. The largest absolute Gasteiger partial charge is 0.496 e. The zero-order chi connectivity index (χ0) is 15.4. The minimum atomic E-state index is -0.447. The highest BCUT2D eigenvalue weighted by atomic mass is 79.9. The third-order valence-electron chi connectivity index (χ3n) is 3.07. The van der Waals surface area contributed by atoms with E-state index in [4.69, 9.17) is 4.74 Å². The van der Waals surface area contributed by atoms with Crippen molar-refractivity contribution in [2.45, 2.75) is 13.5 Å². The van der Waals surface area contributed by atoms with Crippen LogP contribution in [0.5, 0.6) is 5.75 Å². The van der Waals surface area contributed by atoms with Gasteiger partial charge in [0.1, 0.15) is 17.8 Å². The number of anilines is 1. The molecule has 0 atom stereocenters. The number of para-hydroxylation sites is 1. The van der Waals surface area contributed by atoms with Crippen LogP contribution in [0.4, 0.5) is 11.5 Å². The lowest BCUT2D eigenvalue weighted by Crippen LogP contribution is -2.05. The van der Waals surface area contributed by atoms with Crippen LogP contribution < -0.4 is 10.1 Å². The third-order valence-corrected chi connectivity index (χ3v) is 4.04. The molecule has 110 valence electrons. The van der Waals surface area contributed by atoms with E-state index >= 15 is 0 Å². The molecule has 0 spiro atoms. The Hall–Kier alpha value is -2.15. The SMILES string of the molecule is COc1ccccc1CNc1ncc([N+](=O)[O-])c(C)c1Br. The quantitative estimate of drug-likeness (QED) is 0.656. The minimum absolute atomic E-state index is 0.00952. The first-order valence-corrected chi connectivity index (χ1v) is 6.99. The fraction of sp³-hybridized carbons (Fsp3) is 0.214. The van der Waals surface area contributed by atoms with Gasteiger partial charge in [-0.2, -0.15) is 0 Å². The van der Waals surface area contributed by atoms with E-state index in [1.807, 2.05) is 24.3 Å². The van der Waals surface area contributed by atoms with Crippen molar-refractivity contribution in [2.24, 2.45) is 0 Å². The molecule has 1 heterocycles. The van der Waals surface area contributed by atoms with Crippen LogP contribution in [0.2, 0.25) is 0 Å². The van der Waals surface area contributed by atoms with Gasteiger partial charge in [0.2, 0.25) is 0 Å². The van der Waals surface area contributed by atoms with Crippen LogP contribution in [-0.4, -0.2) is 17.0 Å². The maximum Gasteiger partial charge on any atom is 0.291 e. The fourth-order valence-corrected chi connectivity index (χ4v) is 2.35. The first kappa shape index (κ1) is 15.2. The molecular weight excluding hydrogens is 338 g/mol. The molecule has 0 aliphatic carbocycles. The van der Waals surface area contributed by atoms with Gasteiger partial charge in [0.15, 0.2) is 0 Å². The number of pyridine rings is 1. The topological polar surface area (TPSA) is 77.3 Å². The summed E-state index contributed by atoms with van der Waals surface area (Å²) in [7, 11) is 1.61. The molecule has 6 nitrogen and oxygen atoms in total. The van der Waals surface area contributed by atoms with Crippen molar-refractivity contribution in [1.82, 2.24) is 4.98 Å². The van der Waals surface area contributed by atoms with Gasteiger partial charge in [0, 0.05) is 17.7 Å². The van der Waals surface area contributed by atoms with E-state index in [1.165, 1.54) is 6.20 Å². The molecule has 2 aromatic rings. The summed E-state index contributed by atoms with van der Waals surface area (Å²) < 4.78 is 5.87. The van der Waals surface area contributed by atoms with E-state index in [0.29, 0.717) is 22.4 Å². The number of rotatable bonds is 5. The Balaban J connectivity index is 2.21. The van der Waals surface area contributed by atoms with E-state index in [0.717, 1.165) is 11.3 Å².